The van der Waals surface area contributed by atoms with Crippen LogP contribution in [0, 0.1) is 0 Å². The molecule has 5 heteroatoms. The summed E-state index contributed by atoms with van der Waals surface area (Å²) in [5, 5.41) is 0. The van der Waals surface area contributed by atoms with Crippen molar-refractivity contribution in [2.24, 2.45) is 0 Å². The molecule has 0 saturated heterocycles. The van der Waals surface area contributed by atoms with Gasteiger partial charge in [0.15, 0.2) is 0 Å². The van der Waals surface area contributed by atoms with E-state index in [-0.39, 0.29) is 17.4 Å². The van der Waals surface area contributed by atoms with E-state index in [0.717, 1.165) is 16.3 Å². The van der Waals surface area contributed by atoms with Gasteiger partial charge in [0.25, 0.3) is 11.8 Å². The molecule has 0 fully saturated rings. The molecule has 1 N–H and O–H groups in total. The normalized spacial score (nSPS) is 15.6. The second-order valence-electron chi connectivity index (χ2n) is 5.69. The highest BCUT2D eigenvalue weighted by Crippen LogP contribution is 2.33. The van der Waals surface area contributed by atoms with Gasteiger partial charge in [0, 0.05) is 14.1 Å². The minimum Gasteiger partial charge on any atom is -0.314 e. The molecule has 0 saturated carbocycles. The van der Waals surface area contributed by atoms with Gasteiger partial charge in [-0.15, -0.1) is 0 Å². The number of nitrogens with zero attached hydrogens (tertiary/aromatic N) is 2. The number of para-hydroxylation sites is 2. The molecule has 1 aromatic rings. The van der Waals surface area contributed by atoms with Gasteiger partial charge in [-0.1, -0.05) is 12.1 Å². The Bertz CT molecular complexity index is 631. The van der Waals surface area contributed by atoms with E-state index < -0.39 is 0 Å². The number of hydrogen-bond donors (Lipinski definition) is 1. The van der Waals surface area contributed by atoms with Crippen LogP contribution in [-0.2, 0) is 9.59 Å². The molecular formula is C17H22N3O2+. The minimum absolute atomic E-state index is 0.207. The number of hydrogen-bond acceptors (Lipinski definition) is 2. The summed E-state index contributed by atoms with van der Waals surface area (Å²) in [6, 6.07) is 7.40. The number of quaternary nitrogens is 1. The number of carbonyl (C=O) groups excluding carboxylic acids is 2. The van der Waals surface area contributed by atoms with E-state index >= 15 is 0 Å². The van der Waals surface area contributed by atoms with Crippen LogP contribution in [0.2, 0.25) is 0 Å². The van der Waals surface area contributed by atoms with E-state index in [0.29, 0.717) is 5.57 Å². The Kier molecular flexibility index (Phi) is 4.47. The number of nitrogens with one attached hydrogen (secondary N) is 1. The Hall–Kier alpha value is -2.40. The average Bonchev–Trinajstić information content (AvgIpc) is 2.56. The van der Waals surface area contributed by atoms with Crippen LogP contribution in [-0.4, -0.2) is 40.0 Å². The SMILES string of the molecule is CC(C=C[NH+](C)C)=C1C(=O)N(C)c2ccccc2N(C)C1=O. The molecule has 0 bridgehead atoms. The summed E-state index contributed by atoms with van der Waals surface area (Å²) in [5.74, 6) is -0.560. The average molecular weight is 300 g/mol. The zero-order chi connectivity index (χ0) is 16.4. The van der Waals surface area contributed by atoms with E-state index in [9.17, 15) is 9.59 Å². The van der Waals surface area contributed by atoms with Crippen molar-refractivity contribution in [3.8, 4) is 0 Å². The molecule has 0 unspecified atom stereocenters. The zero-order valence-corrected chi connectivity index (χ0v) is 13.7. The minimum atomic E-state index is -0.280. The third kappa shape index (κ3) is 2.80. The standard InChI is InChI=1S/C17H21N3O2/c1-12(10-11-18(2)3)15-16(21)19(4)13-8-6-7-9-14(13)20(5)17(15)22/h6-11H,1-5H3/p+1. The summed E-state index contributed by atoms with van der Waals surface area (Å²) in [4.78, 5) is 29.6. The Balaban J connectivity index is 2.59. The lowest BCUT2D eigenvalue weighted by atomic mass is 10.1. The van der Waals surface area contributed by atoms with Gasteiger partial charge < -0.3 is 14.7 Å². The first-order valence-corrected chi connectivity index (χ1v) is 7.19. The fraction of sp³-hybridized carbons (Fsp3) is 0.294. The molecule has 116 valence electrons. The van der Waals surface area contributed by atoms with Crippen molar-refractivity contribution < 1.29 is 14.5 Å². The van der Waals surface area contributed by atoms with Crippen molar-refractivity contribution in [3.05, 3.63) is 47.7 Å². The third-order valence-electron chi connectivity index (χ3n) is 3.70. The predicted octanol–water partition coefficient (Wildman–Crippen LogP) is 0.600. The first kappa shape index (κ1) is 16.0. The summed E-state index contributed by atoms with van der Waals surface area (Å²) < 4.78 is 0. The third-order valence-corrected chi connectivity index (χ3v) is 3.70. The van der Waals surface area contributed by atoms with Gasteiger partial charge in [0.2, 0.25) is 0 Å². The number of anilines is 2. The van der Waals surface area contributed by atoms with Crippen LogP contribution in [0.4, 0.5) is 11.4 Å². The zero-order valence-electron chi connectivity index (χ0n) is 13.7. The Morgan fingerprint density at radius 1 is 1.00 bits per heavy atom. The van der Waals surface area contributed by atoms with Gasteiger partial charge in [-0.25, -0.2) is 0 Å². The van der Waals surface area contributed by atoms with E-state index in [2.05, 4.69) is 0 Å². The summed E-state index contributed by atoms with van der Waals surface area (Å²) in [7, 11) is 7.34. The molecule has 1 aliphatic heterocycles. The molecule has 0 aliphatic carbocycles. The van der Waals surface area contributed by atoms with Crippen LogP contribution in [0.5, 0.6) is 0 Å². The summed E-state index contributed by atoms with van der Waals surface area (Å²) in [5.41, 5.74) is 2.34. The van der Waals surface area contributed by atoms with Gasteiger partial charge in [-0.3, -0.25) is 9.59 Å². The topological polar surface area (TPSA) is 45.1 Å². The molecule has 2 rings (SSSR count). The van der Waals surface area contributed by atoms with Crippen LogP contribution in [0.25, 0.3) is 0 Å². The molecule has 1 aliphatic rings. The first-order chi connectivity index (χ1) is 10.3. The fourth-order valence-corrected chi connectivity index (χ4v) is 2.39. The summed E-state index contributed by atoms with van der Waals surface area (Å²) >= 11 is 0. The predicted molar refractivity (Wildman–Crippen MR) is 87.9 cm³/mol. The number of benzene rings is 1. The van der Waals surface area contributed by atoms with Gasteiger partial charge >= 0.3 is 0 Å². The van der Waals surface area contributed by atoms with E-state index in [1.807, 2.05) is 50.6 Å². The van der Waals surface area contributed by atoms with E-state index in [4.69, 9.17) is 0 Å². The quantitative estimate of drug-likeness (QED) is 0.642. The van der Waals surface area contributed by atoms with Gasteiger partial charge in [-0.05, 0) is 30.7 Å². The maximum atomic E-state index is 12.7. The highest BCUT2D eigenvalue weighted by atomic mass is 16.2. The number of fused-ring (bicyclic) bond motifs is 1. The highest BCUT2D eigenvalue weighted by molar-refractivity contribution is 6.30. The molecule has 0 spiro atoms. The lowest BCUT2D eigenvalue weighted by molar-refractivity contribution is -0.801. The maximum Gasteiger partial charge on any atom is 0.263 e. The molecule has 22 heavy (non-hydrogen) atoms. The second kappa shape index (κ2) is 6.15. The van der Waals surface area contributed by atoms with Crippen LogP contribution in [0.1, 0.15) is 6.92 Å². The molecule has 5 nitrogen and oxygen atoms in total. The number of carbonyl (C=O) groups is 2. The van der Waals surface area contributed by atoms with Crippen molar-refractivity contribution >= 4 is 23.2 Å². The highest BCUT2D eigenvalue weighted by Gasteiger charge is 2.33. The monoisotopic (exact) mass is 300 g/mol. The van der Waals surface area contributed by atoms with Crippen molar-refractivity contribution in [2.75, 3.05) is 38.0 Å². The van der Waals surface area contributed by atoms with E-state index in [1.54, 1.807) is 21.0 Å². The van der Waals surface area contributed by atoms with Gasteiger partial charge in [-0.2, -0.15) is 0 Å². The number of likely N-dealkylation sites (N-methyl/N-ethyl adjacent to an activating group) is 2. The van der Waals surface area contributed by atoms with Crippen molar-refractivity contribution in [3.63, 3.8) is 0 Å². The number of allylic oxidation sites excluding steroid dienone is 2. The van der Waals surface area contributed by atoms with Crippen molar-refractivity contribution in [1.29, 1.82) is 0 Å². The Morgan fingerprint density at radius 3 is 1.86 bits per heavy atom. The number of amides is 2. The largest absolute Gasteiger partial charge is 0.314 e. The fourth-order valence-electron chi connectivity index (χ4n) is 2.39. The van der Waals surface area contributed by atoms with Gasteiger partial charge in [0.05, 0.1) is 31.7 Å². The maximum absolute atomic E-state index is 12.7. The van der Waals surface area contributed by atoms with E-state index in [1.165, 1.54) is 9.80 Å². The first-order valence-electron chi connectivity index (χ1n) is 7.19. The molecule has 0 aromatic heterocycles. The number of rotatable bonds is 2. The Morgan fingerprint density at radius 2 is 1.45 bits per heavy atom. The molecule has 1 heterocycles. The van der Waals surface area contributed by atoms with Crippen molar-refractivity contribution in [1.82, 2.24) is 0 Å². The van der Waals surface area contributed by atoms with Crippen molar-refractivity contribution in [2.45, 2.75) is 6.92 Å². The van der Waals surface area contributed by atoms with Crippen LogP contribution in [0.15, 0.2) is 47.7 Å². The van der Waals surface area contributed by atoms with Crippen LogP contribution >= 0.6 is 0 Å². The summed E-state index contributed by atoms with van der Waals surface area (Å²) in [6.07, 6.45) is 3.72. The molecule has 2 amide bonds. The molecular weight excluding hydrogens is 278 g/mol. The molecule has 1 aromatic carbocycles. The lowest BCUT2D eigenvalue weighted by Gasteiger charge is -2.19. The smallest absolute Gasteiger partial charge is 0.263 e. The van der Waals surface area contributed by atoms with Gasteiger partial charge in [0.1, 0.15) is 5.57 Å². The molecule has 0 atom stereocenters. The lowest BCUT2D eigenvalue weighted by Crippen LogP contribution is -3.00. The van der Waals surface area contributed by atoms with Crippen LogP contribution < -0.4 is 14.7 Å². The van der Waals surface area contributed by atoms with Crippen LogP contribution in [0.3, 0.4) is 0 Å². The second-order valence-corrected chi connectivity index (χ2v) is 5.69. The Labute approximate surface area is 131 Å². The molecule has 0 radical (unpaired) electrons. The summed E-state index contributed by atoms with van der Waals surface area (Å²) in [6.45, 7) is 1.79.